The van der Waals surface area contributed by atoms with Crippen molar-refractivity contribution in [2.24, 2.45) is 0 Å². The van der Waals surface area contributed by atoms with Crippen molar-refractivity contribution in [1.82, 2.24) is 15.3 Å². The molecule has 0 saturated heterocycles. The second kappa shape index (κ2) is 7.94. The SMILES string of the molecule is COCCNC(=O)c1cnc(Nc2cccc(OC)c2)cn1. The Morgan fingerprint density at radius 2 is 2.09 bits per heavy atom. The number of carbonyl (C=O) groups excluding carboxylic acids is 1. The number of amides is 1. The molecule has 2 rings (SSSR count). The predicted octanol–water partition coefficient (Wildman–Crippen LogP) is 1.60. The third kappa shape index (κ3) is 4.42. The van der Waals surface area contributed by atoms with Gasteiger partial charge in [0.15, 0.2) is 0 Å². The maximum atomic E-state index is 11.8. The van der Waals surface area contributed by atoms with E-state index in [-0.39, 0.29) is 11.6 Å². The summed E-state index contributed by atoms with van der Waals surface area (Å²) in [5.74, 6) is 1.01. The zero-order valence-corrected chi connectivity index (χ0v) is 12.5. The van der Waals surface area contributed by atoms with E-state index in [1.807, 2.05) is 24.3 Å². The van der Waals surface area contributed by atoms with Gasteiger partial charge in [0.1, 0.15) is 17.3 Å². The van der Waals surface area contributed by atoms with E-state index in [1.54, 1.807) is 14.2 Å². The lowest BCUT2D eigenvalue weighted by atomic mass is 10.3. The zero-order valence-electron chi connectivity index (χ0n) is 12.5. The van der Waals surface area contributed by atoms with Crippen molar-refractivity contribution in [3.8, 4) is 5.75 Å². The Bertz CT molecular complexity index is 616. The van der Waals surface area contributed by atoms with Crippen LogP contribution in [0.1, 0.15) is 10.5 Å². The van der Waals surface area contributed by atoms with Crippen molar-refractivity contribution in [2.75, 3.05) is 32.7 Å². The molecule has 0 saturated carbocycles. The van der Waals surface area contributed by atoms with Gasteiger partial charge in [0.25, 0.3) is 5.91 Å². The van der Waals surface area contributed by atoms with Crippen molar-refractivity contribution >= 4 is 17.4 Å². The van der Waals surface area contributed by atoms with Gasteiger partial charge in [0.05, 0.1) is 26.1 Å². The summed E-state index contributed by atoms with van der Waals surface area (Å²) in [6.45, 7) is 0.884. The highest BCUT2D eigenvalue weighted by Crippen LogP contribution is 2.19. The highest BCUT2D eigenvalue weighted by Gasteiger charge is 2.07. The Balaban J connectivity index is 1.97. The summed E-state index contributed by atoms with van der Waals surface area (Å²) in [6.07, 6.45) is 2.93. The lowest BCUT2D eigenvalue weighted by molar-refractivity contribution is 0.0932. The summed E-state index contributed by atoms with van der Waals surface area (Å²) in [6, 6.07) is 7.44. The Hall–Kier alpha value is -2.67. The minimum Gasteiger partial charge on any atom is -0.497 e. The van der Waals surface area contributed by atoms with Crippen LogP contribution in [0.3, 0.4) is 0 Å². The molecule has 0 atom stereocenters. The smallest absolute Gasteiger partial charge is 0.271 e. The maximum absolute atomic E-state index is 11.8. The van der Waals surface area contributed by atoms with Crippen LogP contribution in [-0.4, -0.2) is 43.2 Å². The molecule has 22 heavy (non-hydrogen) atoms. The fraction of sp³-hybridized carbons (Fsp3) is 0.267. The topological polar surface area (TPSA) is 85.4 Å². The third-order valence-corrected chi connectivity index (χ3v) is 2.82. The van der Waals surface area contributed by atoms with Crippen LogP contribution < -0.4 is 15.4 Å². The first-order chi connectivity index (χ1) is 10.7. The number of ether oxygens (including phenoxy) is 2. The van der Waals surface area contributed by atoms with Gasteiger partial charge in [-0.25, -0.2) is 9.97 Å². The Labute approximate surface area is 128 Å². The number of anilines is 2. The normalized spacial score (nSPS) is 10.1. The molecule has 0 fully saturated rings. The Morgan fingerprint density at radius 3 is 2.77 bits per heavy atom. The molecule has 116 valence electrons. The first kappa shape index (κ1) is 15.7. The minimum atomic E-state index is -0.280. The number of nitrogens with zero attached hydrogens (tertiary/aromatic N) is 2. The van der Waals surface area contributed by atoms with Crippen molar-refractivity contribution in [3.05, 3.63) is 42.4 Å². The number of hydrogen-bond donors (Lipinski definition) is 2. The Kier molecular flexibility index (Phi) is 5.67. The highest BCUT2D eigenvalue weighted by molar-refractivity contribution is 5.92. The van der Waals surface area contributed by atoms with E-state index < -0.39 is 0 Å². The van der Waals surface area contributed by atoms with Crippen molar-refractivity contribution in [2.45, 2.75) is 0 Å². The molecule has 7 nitrogen and oxygen atoms in total. The molecule has 0 bridgehead atoms. The molecule has 1 amide bonds. The van der Waals surface area contributed by atoms with Crippen LogP contribution in [0.5, 0.6) is 5.75 Å². The minimum absolute atomic E-state index is 0.257. The van der Waals surface area contributed by atoms with Gasteiger partial charge in [-0.2, -0.15) is 0 Å². The van der Waals surface area contributed by atoms with Crippen LogP contribution in [0, 0.1) is 0 Å². The molecular weight excluding hydrogens is 284 g/mol. The largest absolute Gasteiger partial charge is 0.497 e. The molecule has 1 aromatic carbocycles. The van der Waals surface area contributed by atoms with Crippen molar-refractivity contribution < 1.29 is 14.3 Å². The van der Waals surface area contributed by atoms with E-state index in [9.17, 15) is 4.79 Å². The number of methoxy groups -OCH3 is 2. The van der Waals surface area contributed by atoms with Gasteiger partial charge >= 0.3 is 0 Å². The summed E-state index contributed by atoms with van der Waals surface area (Å²) in [5.41, 5.74) is 1.08. The van der Waals surface area contributed by atoms with E-state index in [0.29, 0.717) is 19.0 Å². The molecule has 0 radical (unpaired) electrons. The van der Waals surface area contributed by atoms with Gasteiger partial charge in [-0.3, -0.25) is 4.79 Å². The van der Waals surface area contributed by atoms with E-state index in [2.05, 4.69) is 20.6 Å². The third-order valence-electron chi connectivity index (χ3n) is 2.82. The summed E-state index contributed by atoms with van der Waals surface area (Å²) in [5, 5.41) is 5.77. The lowest BCUT2D eigenvalue weighted by Gasteiger charge is -2.08. The van der Waals surface area contributed by atoms with Crippen LogP contribution in [0.4, 0.5) is 11.5 Å². The molecule has 2 N–H and O–H groups in total. The molecule has 0 aliphatic rings. The van der Waals surface area contributed by atoms with Crippen LogP contribution >= 0.6 is 0 Å². The molecule has 1 aromatic heterocycles. The second-order valence-electron chi connectivity index (χ2n) is 4.39. The van der Waals surface area contributed by atoms with Crippen LogP contribution in [0.2, 0.25) is 0 Å². The molecule has 1 heterocycles. The average Bonchev–Trinajstić information content (AvgIpc) is 2.56. The number of benzene rings is 1. The first-order valence-electron chi connectivity index (χ1n) is 6.73. The number of aromatic nitrogens is 2. The molecule has 0 unspecified atom stereocenters. The number of hydrogen-bond acceptors (Lipinski definition) is 6. The van der Waals surface area contributed by atoms with Gasteiger partial charge in [-0.15, -0.1) is 0 Å². The van der Waals surface area contributed by atoms with E-state index in [0.717, 1.165) is 11.4 Å². The fourth-order valence-electron chi connectivity index (χ4n) is 1.72. The van der Waals surface area contributed by atoms with Gasteiger partial charge in [0, 0.05) is 25.4 Å². The predicted molar refractivity (Wildman–Crippen MR) is 82.5 cm³/mol. The number of carbonyl (C=O) groups is 1. The van der Waals surface area contributed by atoms with Gasteiger partial charge in [-0.05, 0) is 12.1 Å². The molecule has 7 heteroatoms. The summed E-state index contributed by atoms with van der Waals surface area (Å²) in [4.78, 5) is 20.0. The summed E-state index contributed by atoms with van der Waals surface area (Å²) >= 11 is 0. The molecule has 0 aliphatic carbocycles. The zero-order chi connectivity index (χ0) is 15.8. The lowest BCUT2D eigenvalue weighted by Crippen LogP contribution is -2.27. The first-order valence-corrected chi connectivity index (χ1v) is 6.73. The average molecular weight is 302 g/mol. The van der Waals surface area contributed by atoms with Crippen LogP contribution in [-0.2, 0) is 4.74 Å². The van der Waals surface area contributed by atoms with E-state index in [1.165, 1.54) is 12.4 Å². The maximum Gasteiger partial charge on any atom is 0.271 e. The van der Waals surface area contributed by atoms with E-state index in [4.69, 9.17) is 9.47 Å². The van der Waals surface area contributed by atoms with Gasteiger partial charge in [-0.1, -0.05) is 6.07 Å². The second-order valence-corrected chi connectivity index (χ2v) is 4.39. The monoisotopic (exact) mass is 302 g/mol. The van der Waals surface area contributed by atoms with E-state index >= 15 is 0 Å². The summed E-state index contributed by atoms with van der Waals surface area (Å²) < 4.78 is 10.0. The Morgan fingerprint density at radius 1 is 1.23 bits per heavy atom. The summed E-state index contributed by atoms with van der Waals surface area (Å²) in [7, 11) is 3.18. The van der Waals surface area contributed by atoms with Gasteiger partial charge < -0.3 is 20.1 Å². The molecule has 0 aliphatic heterocycles. The standard InChI is InChI=1S/C15H18N4O3/c1-21-7-6-16-15(20)13-9-18-14(10-17-13)19-11-4-3-5-12(8-11)22-2/h3-5,8-10H,6-7H2,1-2H3,(H,16,20)(H,18,19). The van der Waals surface area contributed by atoms with Crippen molar-refractivity contribution in [1.29, 1.82) is 0 Å². The number of nitrogens with one attached hydrogen (secondary N) is 2. The fourth-order valence-corrected chi connectivity index (χ4v) is 1.72. The quantitative estimate of drug-likeness (QED) is 0.756. The molecular formula is C15H18N4O3. The van der Waals surface area contributed by atoms with Crippen LogP contribution in [0.15, 0.2) is 36.7 Å². The highest BCUT2D eigenvalue weighted by atomic mass is 16.5. The van der Waals surface area contributed by atoms with Crippen molar-refractivity contribution in [3.63, 3.8) is 0 Å². The molecule has 0 spiro atoms. The van der Waals surface area contributed by atoms with Crippen LogP contribution in [0.25, 0.3) is 0 Å². The van der Waals surface area contributed by atoms with Gasteiger partial charge in [0.2, 0.25) is 0 Å². The number of rotatable bonds is 7. The molecule has 2 aromatic rings.